The van der Waals surface area contributed by atoms with Crippen LogP contribution in [-0.4, -0.2) is 159 Å². The van der Waals surface area contributed by atoms with Crippen LogP contribution in [0.3, 0.4) is 0 Å². The van der Waals surface area contributed by atoms with Gasteiger partial charge in [0, 0.05) is 41.2 Å². The van der Waals surface area contributed by atoms with E-state index in [4.69, 9.17) is 32.8 Å². The summed E-state index contributed by atoms with van der Waals surface area (Å²) in [4.78, 5) is 153. The Morgan fingerprint density at radius 3 is 2.07 bits per heavy atom. The van der Waals surface area contributed by atoms with Gasteiger partial charge in [-0.3, -0.25) is 66.5 Å². The molecule has 8 rings (SSSR count). The Kier molecular flexibility index (Phi) is 21.5. The molecular formula is C63H78FN10O19P. The summed E-state index contributed by atoms with van der Waals surface area (Å²) in [5.41, 5.74) is -1.85. The normalized spacial score (nSPS) is 17.3. The summed E-state index contributed by atoms with van der Waals surface area (Å²) in [6.45, 7) is 12.1. The number of nitrogens with zero attached hydrogens (tertiary/aromatic N) is 4. The molecule has 506 valence electrons. The summed E-state index contributed by atoms with van der Waals surface area (Å²) in [6, 6.07) is 7.50. The standard InChI is InChI=1S/C63H78FN10O19P/c1-12-63(86)39-23-44-54-37(28-73(44)57(83)38(39)30-89-58(63)84)53-41(19-18-36-34(2)40(64)24-42(71-54)52(36)53)69-49(78)31-88-32-68-47(76)26-66-55(81)43(22-35-16-14-13-15-17-35)70-48(77)27-65-46(75)25-67-56(82)45(74-50(79)20-21-51(74)80)29-72(59(85)91-60(3,4)5)33-90-94(87,92-61(6,7)8)93-62(9,10)11/h13-17,20-21,23-24,41,43,45,86H,12,18-19,22,25-33H2,1-11H3,(H,65,75)(H,66,81)(H,67,82)(H,68,76)(H,69,78)(H,70,77)/t41-,43-,45-,63-/m0/s1. The van der Waals surface area contributed by atoms with Gasteiger partial charge in [-0.05, 0) is 117 Å². The maximum atomic E-state index is 15.5. The third kappa shape index (κ3) is 16.9. The third-order valence-corrected chi connectivity index (χ3v) is 17.2. The summed E-state index contributed by atoms with van der Waals surface area (Å²) in [7, 11) is -4.51. The van der Waals surface area contributed by atoms with E-state index in [0.717, 1.165) is 17.1 Å². The van der Waals surface area contributed by atoms with Crippen LogP contribution in [0.25, 0.3) is 22.3 Å². The lowest BCUT2D eigenvalue weighted by Crippen LogP contribution is -2.57. The molecule has 4 aliphatic rings. The van der Waals surface area contributed by atoms with E-state index in [1.807, 2.05) is 0 Å². The van der Waals surface area contributed by atoms with Crippen molar-refractivity contribution in [3.63, 3.8) is 0 Å². The number of ether oxygens (including phenoxy) is 3. The highest BCUT2D eigenvalue weighted by molar-refractivity contribution is 7.48. The number of aliphatic hydroxyl groups is 1. The van der Waals surface area contributed by atoms with Crippen LogP contribution in [0.1, 0.15) is 127 Å². The van der Waals surface area contributed by atoms with Crippen LogP contribution < -0.4 is 37.5 Å². The van der Waals surface area contributed by atoms with Gasteiger partial charge in [-0.1, -0.05) is 37.3 Å². The third-order valence-electron chi connectivity index (χ3n) is 15.2. The molecule has 1 aliphatic carbocycles. The monoisotopic (exact) mass is 1330 g/mol. The molecular weight excluding hydrogens is 1250 g/mol. The number of hydrogen-bond acceptors (Lipinski definition) is 20. The number of rotatable bonds is 25. The Bertz CT molecular complexity index is 3820. The smallest absolute Gasteiger partial charge is 0.458 e. The minimum atomic E-state index is -4.51. The topological polar surface area (TPSA) is 377 Å². The van der Waals surface area contributed by atoms with Gasteiger partial charge in [-0.2, -0.15) is 0 Å². The molecule has 0 saturated carbocycles. The number of fused-ring (bicyclic) bond motifs is 5. The Hall–Kier alpha value is -8.80. The van der Waals surface area contributed by atoms with Gasteiger partial charge in [0.1, 0.15) is 50.2 Å². The second-order valence-electron chi connectivity index (χ2n) is 25.8. The number of halogens is 1. The molecule has 4 atom stereocenters. The van der Waals surface area contributed by atoms with Crippen LogP contribution in [0.2, 0.25) is 0 Å². The van der Waals surface area contributed by atoms with Crippen molar-refractivity contribution in [2.45, 2.75) is 156 Å². The molecule has 9 amide bonds. The van der Waals surface area contributed by atoms with Crippen molar-refractivity contribution in [2.75, 3.05) is 46.2 Å². The zero-order valence-corrected chi connectivity index (χ0v) is 54.9. The summed E-state index contributed by atoms with van der Waals surface area (Å²) in [5.74, 6) is -8.38. The molecule has 0 unspecified atom stereocenters. The van der Waals surface area contributed by atoms with Gasteiger partial charge >= 0.3 is 19.9 Å². The molecule has 31 heteroatoms. The molecule has 0 fully saturated rings. The molecule has 0 saturated heterocycles. The molecule has 94 heavy (non-hydrogen) atoms. The second kappa shape index (κ2) is 28.4. The van der Waals surface area contributed by atoms with Gasteiger partial charge in [0.25, 0.3) is 17.4 Å². The Morgan fingerprint density at radius 1 is 0.819 bits per heavy atom. The summed E-state index contributed by atoms with van der Waals surface area (Å²) in [5, 5.41) is 27.0. The van der Waals surface area contributed by atoms with Crippen molar-refractivity contribution < 1.29 is 89.8 Å². The Balaban J connectivity index is 0.848. The van der Waals surface area contributed by atoms with Crippen molar-refractivity contribution in [2.24, 2.45) is 0 Å². The first kappa shape index (κ1) is 71.1. The van der Waals surface area contributed by atoms with Crippen molar-refractivity contribution in [1.82, 2.24) is 51.3 Å². The molecule has 3 aliphatic heterocycles. The maximum Gasteiger partial charge on any atom is 0.477 e. The van der Waals surface area contributed by atoms with Gasteiger partial charge < -0.3 is 55.8 Å². The van der Waals surface area contributed by atoms with E-state index in [2.05, 4.69) is 31.9 Å². The number of carbonyl (C=O) groups is 10. The lowest BCUT2D eigenvalue weighted by Gasteiger charge is -2.34. The predicted molar refractivity (Wildman–Crippen MR) is 331 cm³/mol. The van der Waals surface area contributed by atoms with Crippen molar-refractivity contribution >= 4 is 78.0 Å². The highest BCUT2D eigenvalue weighted by Gasteiger charge is 2.47. The summed E-state index contributed by atoms with van der Waals surface area (Å²) in [6.07, 6.45) is 1.19. The van der Waals surface area contributed by atoms with Crippen LogP contribution in [0.15, 0.2) is 59.4 Å². The Morgan fingerprint density at radius 2 is 1.45 bits per heavy atom. The number of esters is 1. The zero-order chi connectivity index (χ0) is 69.0. The molecule has 4 aromatic rings. The quantitative estimate of drug-likeness (QED) is 0.0145. The molecule has 2 aromatic heterocycles. The molecule has 2 aromatic carbocycles. The van der Waals surface area contributed by atoms with Crippen LogP contribution in [-0.2, 0) is 107 Å². The minimum Gasteiger partial charge on any atom is -0.458 e. The fraction of sp³-hybridized carbons (Fsp3) is 0.492. The summed E-state index contributed by atoms with van der Waals surface area (Å²) >= 11 is 0. The molecule has 7 N–H and O–H groups in total. The number of phosphoric ester groups is 1. The number of aryl methyl sites for hydroxylation is 1. The average molecular weight is 1330 g/mol. The van der Waals surface area contributed by atoms with Crippen LogP contribution >= 0.6 is 7.82 Å². The number of cyclic esters (lactones) is 1. The molecule has 29 nitrogen and oxygen atoms in total. The Labute approximate surface area is 540 Å². The first-order valence-electron chi connectivity index (χ1n) is 30.3. The van der Waals surface area contributed by atoms with E-state index >= 15 is 4.39 Å². The number of carbonyl (C=O) groups excluding carboxylic acids is 10. The summed E-state index contributed by atoms with van der Waals surface area (Å²) < 4.78 is 64.1. The number of hydrogen-bond donors (Lipinski definition) is 7. The molecule has 0 radical (unpaired) electrons. The van der Waals surface area contributed by atoms with E-state index in [0.29, 0.717) is 62.3 Å². The van der Waals surface area contributed by atoms with Gasteiger partial charge in [0.15, 0.2) is 5.60 Å². The zero-order valence-electron chi connectivity index (χ0n) is 54.0. The van der Waals surface area contributed by atoms with E-state index < -0.39 is 165 Å². The first-order chi connectivity index (χ1) is 44.0. The second-order valence-corrected chi connectivity index (χ2v) is 27.3. The number of benzene rings is 2. The van der Waals surface area contributed by atoms with Crippen LogP contribution in [0.5, 0.6) is 0 Å². The van der Waals surface area contributed by atoms with Crippen LogP contribution in [0, 0.1) is 12.7 Å². The van der Waals surface area contributed by atoms with Crippen molar-refractivity contribution in [3.05, 3.63) is 110 Å². The largest absolute Gasteiger partial charge is 0.477 e. The van der Waals surface area contributed by atoms with E-state index in [1.165, 1.54) is 10.6 Å². The lowest BCUT2D eigenvalue weighted by atomic mass is 9.81. The van der Waals surface area contributed by atoms with E-state index in [1.54, 1.807) is 113 Å². The van der Waals surface area contributed by atoms with Gasteiger partial charge in [0.2, 0.25) is 35.4 Å². The van der Waals surface area contributed by atoms with Crippen molar-refractivity contribution in [1.29, 1.82) is 0 Å². The SMILES string of the molecule is CC[C@@]1(O)C(=O)OCc2c1cc1n(c2=O)Cc2c-1nc1cc(F)c(C)c3c1c2[C@@H](NC(=O)COCNC(=O)CNC(=O)[C@H](Cc1ccccc1)NC(=O)CNC(=O)CNC(=O)[C@H](CN(COP(=O)(OC(C)(C)C)OC(C)(C)C)C(=O)OC(C)(C)C)N1C(=O)C=CC1=O)CC3. The fourth-order valence-electron chi connectivity index (χ4n) is 11.0. The number of aromatic nitrogens is 2. The average Bonchev–Trinajstić information content (AvgIpc) is 1.48. The number of imide groups is 1. The minimum absolute atomic E-state index is 0.0199. The molecule has 5 heterocycles. The number of nitrogens with one attached hydrogen (secondary N) is 6. The van der Waals surface area contributed by atoms with E-state index in [-0.39, 0.29) is 42.6 Å². The highest BCUT2D eigenvalue weighted by Crippen LogP contribution is 2.55. The number of phosphoric acid groups is 1. The predicted octanol–water partition coefficient (Wildman–Crippen LogP) is 3.04. The molecule has 0 spiro atoms. The van der Waals surface area contributed by atoms with Gasteiger partial charge in [-0.15, -0.1) is 0 Å². The first-order valence-corrected chi connectivity index (χ1v) is 31.7. The lowest BCUT2D eigenvalue weighted by molar-refractivity contribution is -0.172. The number of amides is 9. The molecule has 0 bridgehead atoms. The fourth-order valence-corrected chi connectivity index (χ4v) is 12.8. The van der Waals surface area contributed by atoms with Crippen molar-refractivity contribution in [3.8, 4) is 11.4 Å². The van der Waals surface area contributed by atoms with Gasteiger partial charge in [0.05, 0.1) is 72.4 Å². The van der Waals surface area contributed by atoms with E-state index in [9.17, 15) is 62.4 Å². The van der Waals surface area contributed by atoms with Gasteiger partial charge in [-0.25, -0.2) is 23.5 Å². The number of pyridine rings is 2. The maximum absolute atomic E-state index is 15.5. The van der Waals surface area contributed by atoms with Crippen LogP contribution in [0.4, 0.5) is 9.18 Å². The highest BCUT2D eigenvalue weighted by atomic mass is 31.2.